The molecular formula is C16H25N3O. The van der Waals surface area contributed by atoms with E-state index in [-0.39, 0.29) is 11.9 Å². The molecule has 0 bridgehead atoms. The highest BCUT2D eigenvalue weighted by molar-refractivity contribution is 5.77. The molecule has 110 valence electrons. The highest BCUT2D eigenvalue weighted by Crippen LogP contribution is 2.14. The molecule has 3 N–H and O–H groups in total. The molecule has 2 rings (SSSR count). The van der Waals surface area contributed by atoms with Crippen molar-refractivity contribution in [2.24, 2.45) is 5.73 Å². The van der Waals surface area contributed by atoms with Gasteiger partial charge < -0.3 is 16.0 Å². The van der Waals surface area contributed by atoms with E-state index in [2.05, 4.69) is 17.1 Å². The first-order valence-electron chi connectivity index (χ1n) is 7.51. The Labute approximate surface area is 121 Å². The second kappa shape index (κ2) is 7.41. The second-order valence-electron chi connectivity index (χ2n) is 5.50. The Morgan fingerprint density at radius 3 is 2.60 bits per heavy atom. The second-order valence-corrected chi connectivity index (χ2v) is 5.50. The minimum atomic E-state index is -0.216. The molecule has 1 aromatic rings. The molecule has 1 aliphatic heterocycles. The zero-order valence-electron chi connectivity index (χ0n) is 12.2. The average Bonchev–Trinajstić information content (AvgIpc) is 2.49. The summed E-state index contributed by atoms with van der Waals surface area (Å²) in [4.78, 5) is 14.5. The van der Waals surface area contributed by atoms with E-state index in [1.165, 1.54) is 0 Å². The average molecular weight is 275 g/mol. The lowest BCUT2D eigenvalue weighted by Crippen LogP contribution is -2.45. The van der Waals surface area contributed by atoms with Gasteiger partial charge >= 0.3 is 0 Å². The van der Waals surface area contributed by atoms with Crippen LogP contribution in [-0.2, 0) is 4.79 Å². The summed E-state index contributed by atoms with van der Waals surface area (Å²) in [5.74, 6) is 0.0660. The van der Waals surface area contributed by atoms with E-state index in [1.54, 1.807) is 0 Å². The number of rotatable bonds is 5. The molecule has 1 aliphatic rings. The predicted octanol–water partition coefficient (Wildman–Crippen LogP) is 1.68. The van der Waals surface area contributed by atoms with Gasteiger partial charge in [-0.1, -0.05) is 37.3 Å². The largest absolute Gasteiger partial charge is 0.353 e. The summed E-state index contributed by atoms with van der Waals surface area (Å²) in [5, 5.41) is 3.12. The number of carbonyl (C=O) groups excluding carboxylic acids is 1. The van der Waals surface area contributed by atoms with E-state index >= 15 is 0 Å². The van der Waals surface area contributed by atoms with E-state index in [1.807, 2.05) is 30.3 Å². The molecule has 0 aliphatic carbocycles. The summed E-state index contributed by atoms with van der Waals surface area (Å²) in [6, 6.07) is 9.90. The fourth-order valence-corrected chi connectivity index (χ4v) is 2.70. The van der Waals surface area contributed by atoms with E-state index in [9.17, 15) is 4.79 Å². The number of nitrogens with zero attached hydrogens (tertiary/aromatic N) is 1. The van der Waals surface area contributed by atoms with Crippen LogP contribution in [0.5, 0.6) is 0 Å². The number of likely N-dealkylation sites (tertiary alicyclic amines) is 1. The molecule has 1 saturated heterocycles. The lowest BCUT2D eigenvalue weighted by Gasteiger charge is -2.31. The first kappa shape index (κ1) is 15.0. The van der Waals surface area contributed by atoms with Gasteiger partial charge in [0.1, 0.15) is 0 Å². The topological polar surface area (TPSA) is 58.4 Å². The van der Waals surface area contributed by atoms with Gasteiger partial charge in [-0.3, -0.25) is 4.79 Å². The van der Waals surface area contributed by atoms with E-state index in [4.69, 9.17) is 5.73 Å². The molecule has 0 saturated carbocycles. The predicted molar refractivity (Wildman–Crippen MR) is 81.3 cm³/mol. The molecule has 1 heterocycles. The summed E-state index contributed by atoms with van der Waals surface area (Å²) < 4.78 is 0. The lowest BCUT2D eigenvalue weighted by atomic mass is 10.0. The van der Waals surface area contributed by atoms with Crippen LogP contribution in [0.4, 0.5) is 0 Å². The highest BCUT2D eigenvalue weighted by Gasteiger charge is 2.20. The van der Waals surface area contributed by atoms with Crippen LogP contribution >= 0.6 is 0 Å². The maximum atomic E-state index is 12.0. The van der Waals surface area contributed by atoms with Crippen LogP contribution in [0.25, 0.3) is 0 Å². The lowest BCUT2D eigenvalue weighted by molar-refractivity contribution is -0.122. The SMILES string of the molecule is CCN1CCC(NC(=O)CC(N)c2ccccc2)CC1. The summed E-state index contributed by atoms with van der Waals surface area (Å²) in [6.45, 7) is 5.43. The third-order valence-corrected chi connectivity index (χ3v) is 4.03. The van der Waals surface area contributed by atoms with Crippen molar-refractivity contribution in [1.82, 2.24) is 10.2 Å². The van der Waals surface area contributed by atoms with Crippen LogP contribution in [0.15, 0.2) is 30.3 Å². The Morgan fingerprint density at radius 1 is 1.35 bits per heavy atom. The summed E-state index contributed by atoms with van der Waals surface area (Å²) in [6.07, 6.45) is 2.44. The summed E-state index contributed by atoms with van der Waals surface area (Å²) in [7, 11) is 0. The number of hydrogen-bond acceptors (Lipinski definition) is 3. The van der Waals surface area contributed by atoms with Crippen molar-refractivity contribution in [2.45, 2.75) is 38.3 Å². The van der Waals surface area contributed by atoms with Gasteiger partial charge in [0.05, 0.1) is 0 Å². The van der Waals surface area contributed by atoms with Crippen LogP contribution < -0.4 is 11.1 Å². The van der Waals surface area contributed by atoms with Crippen molar-refractivity contribution in [3.8, 4) is 0 Å². The Kier molecular flexibility index (Phi) is 5.56. The normalized spacial score (nSPS) is 18.7. The van der Waals surface area contributed by atoms with Crippen molar-refractivity contribution in [1.29, 1.82) is 0 Å². The molecule has 1 fully saturated rings. The molecule has 1 amide bonds. The zero-order valence-corrected chi connectivity index (χ0v) is 12.2. The standard InChI is InChI=1S/C16H25N3O/c1-2-19-10-8-14(9-11-19)18-16(20)12-15(17)13-6-4-3-5-7-13/h3-7,14-15H,2,8-12,17H2,1H3,(H,18,20). The number of nitrogens with one attached hydrogen (secondary N) is 1. The molecule has 0 radical (unpaired) electrons. The quantitative estimate of drug-likeness (QED) is 0.859. The number of benzene rings is 1. The van der Waals surface area contributed by atoms with E-state index in [0.717, 1.165) is 38.0 Å². The molecule has 0 spiro atoms. The molecule has 1 atom stereocenters. The first-order valence-corrected chi connectivity index (χ1v) is 7.51. The van der Waals surface area contributed by atoms with Gasteiger partial charge in [-0.25, -0.2) is 0 Å². The molecule has 1 aromatic carbocycles. The maximum absolute atomic E-state index is 12.0. The van der Waals surface area contributed by atoms with E-state index in [0.29, 0.717) is 12.5 Å². The molecule has 4 nitrogen and oxygen atoms in total. The fraction of sp³-hybridized carbons (Fsp3) is 0.562. The Hall–Kier alpha value is -1.39. The van der Waals surface area contributed by atoms with Gasteiger partial charge in [0, 0.05) is 31.6 Å². The fourth-order valence-electron chi connectivity index (χ4n) is 2.70. The van der Waals surface area contributed by atoms with Gasteiger partial charge in [-0.05, 0) is 24.9 Å². The maximum Gasteiger partial charge on any atom is 0.222 e. The van der Waals surface area contributed by atoms with Crippen molar-refractivity contribution >= 4 is 5.91 Å². The number of piperidine rings is 1. The Morgan fingerprint density at radius 2 is 2.00 bits per heavy atom. The summed E-state index contributed by atoms with van der Waals surface area (Å²) in [5.41, 5.74) is 7.09. The van der Waals surface area contributed by atoms with Gasteiger partial charge in [0.15, 0.2) is 0 Å². The van der Waals surface area contributed by atoms with Crippen molar-refractivity contribution in [3.05, 3.63) is 35.9 Å². The number of hydrogen-bond donors (Lipinski definition) is 2. The van der Waals surface area contributed by atoms with Gasteiger partial charge in [-0.2, -0.15) is 0 Å². The Bertz CT molecular complexity index is 413. The van der Waals surface area contributed by atoms with Gasteiger partial charge in [0.25, 0.3) is 0 Å². The Balaban J connectivity index is 1.76. The van der Waals surface area contributed by atoms with Crippen molar-refractivity contribution < 1.29 is 4.79 Å². The van der Waals surface area contributed by atoms with Crippen LogP contribution in [0.2, 0.25) is 0 Å². The molecule has 1 unspecified atom stereocenters. The molecular weight excluding hydrogens is 250 g/mol. The third-order valence-electron chi connectivity index (χ3n) is 4.03. The van der Waals surface area contributed by atoms with Crippen molar-refractivity contribution in [2.75, 3.05) is 19.6 Å². The van der Waals surface area contributed by atoms with Gasteiger partial charge in [-0.15, -0.1) is 0 Å². The minimum Gasteiger partial charge on any atom is -0.353 e. The number of amides is 1. The number of carbonyl (C=O) groups is 1. The highest BCUT2D eigenvalue weighted by atomic mass is 16.1. The first-order chi connectivity index (χ1) is 9.69. The smallest absolute Gasteiger partial charge is 0.222 e. The zero-order chi connectivity index (χ0) is 14.4. The minimum absolute atomic E-state index is 0.0660. The molecule has 0 aromatic heterocycles. The van der Waals surface area contributed by atoms with E-state index < -0.39 is 0 Å². The van der Waals surface area contributed by atoms with Crippen LogP contribution in [0, 0.1) is 0 Å². The van der Waals surface area contributed by atoms with Crippen LogP contribution in [-0.4, -0.2) is 36.5 Å². The molecule has 20 heavy (non-hydrogen) atoms. The van der Waals surface area contributed by atoms with Crippen molar-refractivity contribution in [3.63, 3.8) is 0 Å². The van der Waals surface area contributed by atoms with Crippen LogP contribution in [0.1, 0.15) is 37.8 Å². The summed E-state index contributed by atoms with van der Waals surface area (Å²) >= 11 is 0. The van der Waals surface area contributed by atoms with Crippen LogP contribution in [0.3, 0.4) is 0 Å². The third kappa shape index (κ3) is 4.32. The molecule has 4 heteroatoms. The monoisotopic (exact) mass is 275 g/mol. The number of nitrogens with two attached hydrogens (primary N) is 1. The van der Waals surface area contributed by atoms with Gasteiger partial charge in [0.2, 0.25) is 5.91 Å².